The molecular weight excluding hydrogens is 504 g/mol. The van der Waals surface area contributed by atoms with E-state index in [1.165, 1.54) is 24.8 Å². The summed E-state index contributed by atoms with van der Waals surface area (Å²) in [5.41, 5.74) is 9.29. The molecule has 1 unspecified atom stereocenters. The van der Waals surface area contributed by atoms with Crippen molar-refractivity contribution in [3.63, 3.8) is 0 Å². The van der Waals surface area contributed by atoms with Crippen LogP contribution >= 0.6 is 0 Å². The van der Waals surface area contributed by atoms with E-state index < -0.39 is 11.9 Å². The van der Waals surface area contributed by atoms with Crippen LogP contribution in [0.15, 0.2) is 78.2 Å². The van der Waals surface area contributed by atoms with Gasteiger partial charge in [-0.1, -0.05) is 69.9 Å². The monoisotopic (exact) mass is 540 g/mol. The van der Waals surface area contributed by atoms with Crippen molar-refractivity contribution in [2.24, 2.45) is 5.73 Å². The van der Waals surface area contributed by atoms with Gasteiger partial charge in [-0.3, -0.25) is 0 Å². The number of unbranched alkanes of at least 4 members (excludes halogenated alkanes) is 4. The van der Waals surface area contributed by atoms with Gasteiger partial charge in [-0.2, -0.15) is 5.26 Å². The molecule has 0 amide bonds. The van der Waals surface area contributed by atoms with E-state index in [1.807, 2.05) is 48.5 Å². The summed E-state index contributed by atoms with van der Waals surface area (Å²) in [4.78, 5) is 12.4. The number of nitrogens with zero attached hydrogens (tertiary/aromatic N) is 1. The average molecular weight is 541 g/mol. The highest BCUT2D eigenvalue weighted by Gasteiger charge is 2.31. The van der Waals surface area contributed by atoms with Crippen LogP contribution in [-0.4, -0.2) is 19.2 Å². The molecule has 2 N–H and O–H groups in total. The van der Waals surface area contributed by atoms with Crippen LogP contribution in [0.25, 0.3) is 0 Å². The number of aryl methyl sites for hydroxylation is 1. The van der Waals surface area contributed by atoms with E-state index in [0.29, 0.717) is 29.4 Å². The maximum atomic E-state index is 12.4. The van der Waals surface area contributed by atoms with Crippen LogP contribution in [-0.2, 0) is 11.2 Å². The number of rotatable bonds is 13. The Morgan fingerprint density at radius 1 is 0.900 bits per heavy atom. The molecule has 0 aliphatic carbocycles. The number of hydrogen-bond donors (Lipinski definition) is 1. The first kappa shape index (κ1) is 28.6. The minimum Gasteiger partial charge on any atom is -0.494 e. The van der Waals surface area contributed by atoms with Crippen LogP contribution in [0.3, 0.4) is 0 Å². The van der Waals surface area contributed by atoms with E-state index >= 15 is 0 Å². The van der Waals surface area contributed by atoms with Crippen LogP contribution in [0.1, 0.15) is 68.6 Å². The summed E-state index contributed by atoms with van der Waals surface area (Å²) in [6.07, 6.45) is 6.82. The molecule has 1 aliphatic heterocycles. The Morgan fingerprint density at radius 3 is 2.27 bits per heavy atom. The molecule has 0 saturated heterocycles. The predicted octanol–water partition coefficient (Wildman–Crippen LogP) is 6.80. The molecule has 1 atom stereocenters. The average Bonchev–Trinajstić information content (AvgIpc) is 2.97. The highest BCUT2D eigenvalue weighted by molar-refractivity contribution is 5.74. The second kappa shape index (κ2) is 14.1. The summed E-state index contributed by atoms with van der Waals surface area (Å²) in [6.45, 7) is 4.72. The molecule has 0 saturated carbocycles. The maximum Gasteiger partial charge on any atom is 0.349 e. The van der Waals surface area contributed by atoms with Crippen molar-refractivity contribution in [3.05, 3.63) is 94.9 Å². The van der Waals surface area contributed by atoms with Gasteiger partial charge in [0.15, 0.2) is 6.61 Å². The second-order valence-corrected chi connectivity index (χ2v) is 9.72. The van der Waals surface area contributed by atoms with Crippen LogP contribution < -0.4 is 24.7 Å². The van der Waals surface area contributed by atoms with Gasteiger partial charge in [0.1, 0.15) is 34.6 Å². The summed E-state index contributed by atoms with van der Waals surface area (Å²) >= 11 is 0. The Kier molecular flexibility index (Phi) is 10.1. The SMILES string of the molecule is CCCCCCCOc1ccc(C2C(C#N)=C(N)Oc3cc(OC(=O)COc4ccc(CC)cc4)ccc32)cc1. The van der Waals surface area contributed by atoms with Crippen LogP contribution in [0.2, 0.25) is 0 Å². The standard InChI is InChI=1S/C33H36N2O5/c1-3-5-6-7-8-19-37-25-15-11-24(12-16-25)32-28-18-17-27(20-30(28)40-33(35)29(32)21-34)39-31(36)22-38-26-13-9-23(4-2)10-14-26/h9-18,20,32H,3-8,19,22,35H2,1-2H3. The molecule has 0 aromatic heterocycles. The molecule has 0 radical (unpaired) electrons. The lowest BCUT2D eigenvalue weighted by atomic mass is 9.83. The number of ether oxygens (including phenoxy) is 4. The fourth-order valence-corrected chi connectivity index (χ4v) is 4.62. The molecule has 4 rings (SSSR count). The molecule has 0 bridgehead atoms. The minimum atomic E-state index is -0.547. The number of allylic oxidation sites excluding steroid dienone is 1. The first-order chi connectivity index (χ1) is 19.5. The van der Waals surface area contributed by atoms with Gasteiger partial charge in [0, 0.05) is 11.6 Å². The highest BCUT2D eigenvalue weighted by atomic mass is 16.6. The number of fused-ring (bicyclic) bond motifs is 1. The van der Waals surface area contributed by atoms with Gasteiger partial charge in [-0.15, -0.1) is 0 Å². The van der Waals surface area contributed by atoms with Crippen molar-refractivity contribution >= 4 is 5.97 Å². The van der Waals surface area contributed by atoms with E-state index in [2.05, 4.69) is 19.9 Å². The summed E-state index contributed by atoms with van der Waals surface area (Å²) in [5, 5.41) is 9.86. The summed E-state index contributed by atoms with van der Waals surface area (Å²) in [6, 6.07) is 22.5. The first-order valence-electron chi connectivity index (χ1n) is 13.9. The molecule has 40 heavy (non-hydrogen) atoms. The summed E-state index contributed by atoms with van der Waals surface area (Å²) in [7, 11) is 0. The van der Waals surface area contributed by atoms with Crippen molar-refractivity contribution < 1.29 is 23.7 Å². The fourth-order valence-electron chi connectivity index (χ4n) is 4.62. The van der Waals surface area contributed by atoms with Gasteiger partial charge in [-0.05, 0) is 54.3 Å². The zero-order valence-electron chi connectivity index (χ0n) is 23.2. The van der Waals surface area contributed by atoms with Crippen molar-refractivity contribution in [2.75, 3.05) is 13.2 Å². The zero-order chi connectivity index (χ0) is 28.3. The largest absolute Gasteiger partial charge is 0.494 e. The molecule has 0 fully saturated rings. The van der Waals surface area contributed by atoms with Crippen molar-refractivity contribution in [1.82, 2.24) is 0 Å². The van der Waals surface area contributed by atoms with Crippen LogP contribution in [0, 0.1) is 11.3 Å². The molecule has 3 aromatic rings. The van der Waals surface area contributed by atoms with E-state index in [4.69, 9.17) is 24.7 Å². The third-order valence-corrected chi connectivity index (χ3v) is 6.84. The molecule has 7 heteroatoms. The van der Waals surface area contributed by atoms with E-state index in [0.717, 1.165) is 36.1 Å². The van der Waals surface area contributed by atoms with Gasteiger partial charge in [-0.25, -0.2) is 4.79 Å². The Bertz CT molecular complexity index is 1360. The molecular formula is C33H36N2O5. The Hall–Kier alpha value is -4.44. The van der Waals surface area contributed by atoms with E-state index in [1.54, 1.807) is 18.2 Å². The first-order valence-corrected chi connectivity index (χ1v) is 13.9. The number of carbonyl (C=O) groups excluding carboxylic acids is 1. The highest BCUT2D eigenvalue weighted by Crippen LogP contribution is 2.43. The number of benzene rings is 3. The molecule has 208 valence electrons. The Morgan fingerprint density at radius 2 is 1.57 bits per heavy atom. The van der Waals surface area contributed by atoms with Gasteiger partial charge in [0.05, 0.1) is 12.5 Å². The predicted molar refractivity (Wildman–Crippen MR) is 153 cm³/mol. The topological polar surface area (TPSA) is 104 Å². The number of esters is 1. The third-order valence-electron chi connectivity index (χ3n) is 6.84. The molecule has 0 spiro atoms. The normalized spacial score (nSPS) is 14.1. The van der Waals surface area contributed by atoms with Crippen LogP contribution in [0.4, 0.5) is 0 Å². The molecule has 1 aliphatic rings. The number of nitriles is 1. The van der Waals surface area contributed by atoms with Gasteiger partial charge < -0.3 is 24.7 Å². The molecule has 1 heterocycles. The van der Waals surface area contributed by atoms with Crippen LogP contribution in [0.5, 0.6) is 23.0 Å². The number of carbonyl (C=O) groups is 1. The van der Waals surface area contributed by atoms with Gasteiger partial charge >= 0.3 is 5.97 Å². The van der Waals surface area contributed by atoms with Crippen molar-refractivity contribution in [2.45, 2.75) is 58.3 Å². The van der Waals surface area contributed by atoms with E-state index in [9.17, 15) is 10.1 Å². The van der Waals surface area contributed by atoms with Crippen molar-refractivity contribution in [1.29, 1.82) is 5.26 Å². The maximum absolute atomic E-state index is 12.4. The lowest BCUT2D eigenvalue weighted by Gasteiger charge is -2.26. The Labute approximate surface area is 236 Å². The quantitative estimate of drug-likeness (QED) is 0.144. The second-order valence-electron chi connectivity index (χ2n) is 9.72. The number of nitrogens with two attached hydrogens (primary N) is 1. The smallest absolute Gasteiger partial charge is 0.349 e. The fraction of sp³-hybridized carbons (Fsp3) is 0.333. The molecule has 3 aromatic carbocycles. The van der Waals surface area contributed by atoms with Gasteiger partial charge in [0.25, 0.3) is 0 Å². The van der Waals surface area contributed by atoms with Gasteiger partial charge in [0.2, 0.25) is 5.88 Å². The molecule has 7 nitrogen and oxygen atoms in total. The zero-order valence-corrected chi connectivity index (χ0v) is 23.2. The van der Waals surface area contributed by atoms with Crippen molar-refractivity contribution in [3.8, 4) is 29.1 Å². The number of hydrogen-bond acceptors (Lipinski definition) is 7. The third kappa shape index (κ3) is 7.35. The summed E-state index contributed by atoms with van der Waals surface area (Å²) in [5.74, 6) is 1.15. The van der Waals surface area contributed by atoms with E-state index in [-0.39, 0.29) is 12.5 Å². The Balaban J connectivity index is 1.42. The lowest BCUT2D eigenvalue weighted by Crippen LogP contribution is -2.21. The minimum absolute atomic E-state index is 0.0229. The lowest BCUT2D eigenvalue weighted by molar-refractivity contribution is -0.136. The summed E-state index contributed by atoms with van der Waals surface area (Å²) < 4.78 is 22.7.